The summed E-state index contributed by atoms with van der Waals surface area (Å²) >= 11 is 5.98. The number of aryl methyl sites for hydroxylation is 1. The van der Waals surface area contributed by atoms with Gasteiger partial charge in [-0.15, -0.1) is 12.4 Å². The van der Waals surface area contributed by atoms with Crippen molar-refractivity contribution < 1.29 is 9.53 Å². The molecule has 0 aromatic heterocycles. The summed E-state index contributed by atoms with van der Waals surface area (Å²) in [6.45, 7) is 8.15. The Hall–Kier alpha value is -0.970. The fourth-order valence-corrected chi connectivity index (χ4v) is 2.46. The normalized spacial score (nSPS) is 19.6. The van der Waals surface area contributed by atoms with Crippen molar-refractivity contribution in [3.8, 4) is 5.75 Å². The number of nitrogens with one attached hydrogen (secondary N) is 1. The van der Waals surface area contributed by atoms with Crippen LogP contribution in [-0.4, -0.2) is 42.6 Å². The quantitative estimate of drug-likeness (QED) is 0.925. The maximum atomic E-state index is 12.4. The average Bonchev–Trinajstić information content (AvgIpc) is 2.42. The van der Waals surface area contributed by atoms with E-state index in [0.29, 0.717) is 10.8 Å². The lowest BCUT2D eigenvalue weighted by atomic mass is 10.2. The van der Waals surface area contributed by atoms with E-state index in [0.717, 1.165) is 25.2 Å². The van der Waals surface area contributed by atoms with Crippen molar-refractivity contribution in [3.63, 3.8) is 0 Å². The van der Waals surface area contributed by atoms with Crippen LogP contribution in [0.5, 0.6) is 5.75 Å². The summed E-state index contributed by atoms with van der Waals surface area (Å²) in [5, 5.41) is 3.97. The first kappa shape index (κ1) is 18.1. The number of hydrogen-bond donors (Lipinski definition) is 1. The third-order valence-electron chi connectivity index (χ3n) is 3.57. The molecule has 1 aromatic rings. The molecule has 21 heavy (non-hydrogen) atoms. The molecule has 1 aromatic carbocycles. The summed E-state index contributed by atoms with van der Waals surface area (Å²) in [5.41, 5.74) is 0.944. The highest BCUT2D eigenvalue weighted by Gasteiger charge is 2.27. The summed E-state index contributed by atoms with van der Waals surface area (Å²) in [4.78, 5) is 14.3. The Morgan fingerprint density at radius 3 is 2.86 bits per heavy atom. The van der Waals surface area contributed by atoms with E-state index in [1.165, 1.54) is 0 Å². The Labute approximate surface area is 137 Å². The highest BCUT2D eigenvalue weighted by atomic mass is 35.5. The fraction of sp³-hybridized carbons (Fsp3) is 0.533. The lowest BCUT2D eigenvalue weighted by molar-refractivity contribution is -0.140. The zero-order chi connectivity index (χ0) is 14.7. The molecule has 0 radical (unpaired) electrons. The molecule has 1 aliphatic heterocycles. The van der Waals surface area contributed by atoms with Crippen molar-refractivity contribution in [2.45, 2.75) is 32.9 Å². The predicted octanol–water partition coefficient (Wildman–Crippen LogP) is 2.66. The lowest BCUT2D eigenvalue weighted by Gasteiger charge is -2.35. The van der Waals surface area contributed by atoms with Gasteiger partial charge in [0.1, 0.15) is 5.75 Å². The molecule has 1 saturated heterocycles. The molecule has 1 aliphatic rings. The molecule has 6 heteroatoms. The van der Waals surface area contributed by atoms with Gasteiger partial charge in [-0.25, -0.2) is 0 Å². The molecule has 2 atom stereocenters. The number of carbonyl (C=O) groups is 1. The van der Waals surface area contributed by atoms with Gasteiger partial charge in [0.2, 0.25) is 0 Å². The second-order valence-electron chi connectivity index (χ2n) is 5.26. The van der Waals surface area contributed by atoms with Crippen LogP contribution in [0.25, 0.3) is 0 Å². The van der Waals surface area contributed by atoms with Gasteiger partial charge in [-0.3, -0.25) is 4.79 Å². The van der Waals surface area contributed by atoms with Gasteiger partial charge in [0.15, 0.2) is 6.10 Å². The summed E-state index contributed by atoms with van der Waals surface area (Å²) in [6, 6.07) is 5.64. The number of rotatable bonds is 3. The van der Waals surface area contributed by atoms with Crippen LogP contribution in [0.1, 0.15) is 19.4 Å². The maximum absolute atomic E-state index is 12.4. The summed E-state index contributed by atoms with van der Waals surface area (Å²) < 4.78 is 5.74. The maximum Gasteiger partial charge on any atom is 0.263 e. The van der Waals surface area contributed by atoms with Gasteiger partial charge in [-0.1, -0.05) is 11.6 Å². The average molecular weight is 333 g/mol. The van der Waals surface area contributed by atoms with E-state index in [4.69, 9.17) is 16.3 Å². The summed E-state index contributed by atoms with van der Waals surface area (Å²) in [7, 11) is 0. The van der Waals surface area contributed by atoms with Gasteiger partial charge in [0.25, 0.3) is 5.91 Å². The standard InChI is InChI=1S/C15H21ClN2O2.ClH/c1-10-8-13(4-5-14(10)16)20-12(3)15(19)18-7-6-17-9-11(18)2;/h4-5,8,11-12,17H,6-7,9H2,1-3H3;1H/t11-,12?;/m1./s1. The predicted molar refractivity (Wildman–Crippen MR) is 87.6 cm³/mol. The van der Waals surface area contributed by atoms with E-state index in [1.54, 1.807) is 19.1 Å². The second kappa shape index (κ2) is 7.87. The Morgan fingerprint density at radius 1 is 1.52 bits per heavy atom. The SMILES string of the molecule is Cc1cc(OC(C)C(=O)N2CCNC[C@H]2C)ccc1Cl.Cl. The van der Waals surface area contributed by atoms with Crippen molar-refractivity contribution in [2.75, 3.05) is 19.6 Å². The van der Waals surface area contributed by atoms with Gasteiger partial charge in [0.05, 0.1) is 0 Å². The van der Waals surface area contributed by atoms with Crippen LogP contribution in [0.15, 0.2) is 18.2 Å². The Morgan fingerprint density at radius 2 is 2.24 bits per heavy atom. The number of piperazine rings is 1. The van der Waals surface area contributed by atoms with E-state index in [2.05, 4.69) is 5.32 Å². The minimum absolute atomic E-state index is 0. The van der Waals surface area contributed by atoms with Crippen molar-refractivity contribution in [2.24, 2.45) is 0 Å². The minimum Gasteiger partial charge on any atom is -0.481 e. The van der Waals surface area contributed by atoms with Gasteiger partial charge >= 0.3 is 0 Å². The largest absolute Gasteiger partial charge is 0.481 e. The molecule has 1 heterocycles. The molecule has 1 unspecified atom stereocenters. The first-order chi connectivity index (χ1) is 9.49. The molecule has 0 aliphatic carbocycles. The molecule has 0 bridgehead atoms. The monoisotopic (exact) mass is 332 g/mol. The summed E-state index contributed by atoms with van der Waals surface area (Å²) in [5.74, 6) is 0.710. The molecule has 0 saturated carbocycles. The van der Waals surface area contributed by atoms with Crippen LogP contribution in [-0.2, 0) is 4.79 Å². The number of nitrogens with zero attached hydrogens (tertiary/aromatic N) is 1. The molecule has 118 valence electrons. The van der Waals surface area contributed by atoms with Crippen molar-refractivity contribution in [1.29, 1.82) is 0 Å². The van der Waals surface area contributed by atoms with Crippen LogP contribution in [0.4, 0.5) is 0 Å². The van der Waals surface area contributed by atoms with Gasteiger partial charge in [0, 0.05) is 30.7 Å². The molecule has 4 nitrogen and oxygen atoms in total. The molecule has 0 spiro atoms. The van der Waals surface area contributed by atoms with Crippen LogP contribution in [0.3, 0.4) is 0 Å². The molecule has 1 N–H and O–H groups in total. The van der Waals surface area contributed by atoms with Gasteiger partial charge in [-0.2, -0.15) is 0 Å². The second-order valence-corrected chi connectivity index (χ2v) is 5.66. The van der Waals surface area contributed by atoms with Gasteiger partial charge < -0.3 is 15.0 Å². The third-order valence-corrected chi connectivity index (χ3v) is 4.00. The Bertz CT molecular complexity index is 497. The fourth-order valence-electron chi connectivity index (χ4n) is 2.35. The Balaban J connectivity index is 0.00000220. The Kier molecular flexibility index (Phi) is 6.78. The lowest BCUT2D eigenvalue weighted by Crippen LogP contribution is -2.55. The van der Waals surface area contributed by atoms with Crippen molar-refractivity contribution >= 4 is 29.9 Å². The molecular formula is C15H22Cl2N2O2. The highest BCUT2D eigenvalue weighted by Crippen LogP contribution is 2.22. The van der Waals surface area contributed by atoms with Crippen LogP contribution >= 0.6 is 24.0 Å². The number of hydrogen-bond acceptors (Lipinski definition) is 3. The number of ether oxygens (including phenoxy) is 1. The topological polar surface area (TPSA) is 41.6 Å². The van der Waals surface area contributed by atoms with Crippen LogP contribution in [0.2, 0.25) is 5.02 Å². The van der Waals surface area contributed by atoms with E-state index >= 15 is 0 Å². The smallest absolute Gasteiger partial charge is 0.263 e. The summed E-state index contributed by atoms with van der Waals surface area (Å²) in [6.07, 6.45) is -0.490. The van der Waals surface area contributed by atoms with Crippen LogP contribution < -0.4 is 10.1 Å². The minimum atomic E-state index is -0.490. The van der Waals surface area contributed by atoms with Gasteiger partial charge in [-0.05, 0) is 44.5 Å². The van der Waals surface area contributed by atoms with E-state index in [1.807, 2.05) is 24.8 Å². The molecule has 2 rings (SSSR count). The highest BCUT2D eigenvalue weighted by molar-refractivity contribution is 6.31. The first-order valence-corrected chi connectivity index (χ1v) is 7.31. The van der Waals surface area contributed by atoms with Crippen LogP contribution in [0, 0.1) is 6.92 Å². The zero-order valence-electron chi connectivity index (χ0n) is 12.6. The van der Waals surface area contributed by atoms with E-state index in [9.17, 15) is 4.79 Å². The number of carbonyl (C=O) groups excluding carboxylic acids is 1. The first-order valence-electron chi connectivity index (χ1n) is 6.93. The molecular weight excluding hydrogens is 311 g/mol. The number of amides is 1. The molecule has 1 amide bonds. The number of benzene rings is 1. The molecule has 1 fully saturated rings. The third kappa shape index (κ3) is 4.50. The van der Waals surface area contributed by atoms with E-state index < -0.39 is 6.10 Å². The zero-order valence-corrected chi connectivity index (χ0v) is 14.1. The van der Waals surface area contributed by atoms with Crippen molar-refractivity contribution in [1.82, 2.24) is 10.2 Å². The van der Waals surface area contributed by atoms with E-state index in [-0.39, 0.29) is 24.4 Å². The number of halogens is 2. The van der Waals surface area contributed by atoms with Crippen molar-refractivity contribution in [3.05, 3.63) is 28.8 Å².